The van der Waals surface area contributed by atoms with Gasteiger partial charge in [-0.25, -0.2) is 0 Å². The molecule has 0 aromatic carbocycles. The Kier molecular flexibility index (Phi) is 10.1. The minimum atomic E-state index is -3.15. The van der Waals surface area contributed by atoms with Crippen LogP contribution in [0, 0.1) is 17.3 Å². The molecule has 144 valence electrons. The predicted octanol–water partition coefficient (Wildman–Crippen LogP) is 6.26. The lowest BCUT2D eigenvalue weighted by Gasteiger charge is -2.44. The van der Waals surface area contributed by atoms with Crippen molar-refractivity contribution in [2.75, 3.05) is 26.4 Å². The first-order chi connectivity index (χ1) is 11.3. The van der Waals surface area contributed by atoms with E-state index >= 15 is 0 Å². The van der Waals surface area contributed by atoms with Gasteiger partial charge in [0.2, 0.25) is 0 Å². The highest BCUT2D eigenvalue weighted by Crippen LogP contribution is 2.46. The van der Waals surface area contributed by atoms with Gasteiger partial charge in [0.25, 0.3) is 0 Å². The monoisotopic (exact) mass is 368 g/mol. The van der Waals surface area contributed by atoms with Gasteiger partial charge in [-0.1, -0.05) is 33.6 Å². The molecule has 0 heterocycles. The third-order valence-electron chi connectivity index (χ3n) is 5.26. The summed E-state index contributed by atoms with van der Waals surface area (Å²) in [5.74, 6) is 1.10. The molecule has 0 N–H and O–H groups in total. The second-order valence-corrected chi connectivity index (χ2v) is 8.09. The molecule has 0 bridgehead atoms. The maximum absolute atomic E-state index is 13.3. The van der Waals surface area contributed by atoms with E-state index in [1.165, 1.54) is 0 Å². The molecule has 1 fully saturated rings. The molecular weight excluding hydrogens is 334 g/mol. The van der Waals surface area contributed by atoms with E-state index in [1.807, 2.05) is 0 Å². The molecule has 0 atom stereocenters. The Morgan fingerprint density at radius 3 is 1.83 bits per heavy atom. The van der Waals surface area contributed by atoms with Crippen LogP contribution < -0.4 is 0 Å². The zero-order valence-electron chi connectivity index (χ0n) is 15.6. The average molecular weight is 369 g/mol. The molecule has 0 amide bonds. The van der Waals surface area contributed by atoms with Gasteiger partial charge >= 0.3 is 5.38 Å². The van der Waals surface area contributed by atoms with Crippen LogP contribution >= 0.6 is 11.6 Å². The highest BCUT2D eigenvalue weighted by atomic mass is 35.5. The molecule has 0 saturated heterocycles. The summed E-state index contributed by atoms with van der Waals surface area (Å²) in [4.78, 5) is 0. The van der Waals surface area contributed by atoms with Crippen molar-refractivity contribution in [3.05, 3.63) is 0 Å². The number of rotatable bonds is 12. The van der Waals surface area contributed by atoms with E-state index in [0.29, 0.717) is 38.8 Å². The van der Waals surface area contributed by atoms with Crippen LogP contribution in [0.3, 0.4) is 0 Å². The Balaban J connectivity index is 2.86. The van der Waals surface area contributed by atoms with Crippen molar-refractivity contribution in [3.63, 3.8) is 0 Å². The van der Waals surface area contributed by atoms with Crippen molar-refractivity contribution in [1.82, 2.24) is 0 Å². The third-order valence-corrected chi connectivity index (χ3v) is 5.45. The maximum Gasteiger partial charge on any atom is 0.321 e. The molecule has 24 heavy (non-hydrogen) atoms. The number of alkyl halides is 3. The smallest absolute Gasteiger partial charge is 0.321 e. The van der Waals surface area contributed by atoms with Gasteiger partial charge < -0.3 is 9.47 Å². The fourth-order valence-electron chi connectivity index (χ4n) is 3.73. The Morgan fingerprint density at radius 2 is 1.42 bits per heavy atom. The van der Waals surface area contributed by atoms with Gasteiger partial charge in [0.05, 0.1) is 13.2 Å². The average Bonchev–Trinajstić information content (AvgIpc) is 2.52. The normalized spacial score (nSPS) is 22.8. The summed E-state index contributed by atoms with van der Waals surface area (Å²) in [6, 6.07) is 0. The first-order valence-corrected chi connectivity index (χ1v) is 9.93. The molecule has 0 radical (unpaired) electrons. The van der Waals surface area contributed by atoms with Crippen LogP contribution in [0.15, 0.2) is 0 Å². The van der Waals surface area contributed by atoms with E-state index in [0.717, 1.165) is 44.4 Å². The second-order valence-electron chi connectivity index (χ2n) is 7.54. The van der Waals surface area contributed by atoms with Gasteiger partial charge in [0.1, 0.15) is 0 Å². The van der Waals surface area contributed by atoms with Crippen molar-refractivity contribution in [2.45, 2.75) is 77.5 Å². The summed E-state index contributed by atoms with van der Waals surface area (Å²) in [7, 11) is 0. The molecule has 1 saturated carbocycles. The molecule has 1 rings (SSSR count). The van der Waals surface area contributed by atoms with Crippen LogP contribution in [-0.2, 0) is 9.47 Å². The van der Waals surface area contributed by atoms with E-state index in [-0.39, 0.29) is 11.8 Å². The Labute approximate surface area is 151 Å². The molecular formula is C19H35ClF2O2. The molecule has 1 aliphatic carbocycles. The van der Waals surface area contributed by atoms with Gasteiger partial charge in [-0.3, -0.25) is 0 Å². The van der Waals surface area contributed by atoms with Crippen LogP contribution in [0.25, 0.3) is 0 Å². The van der Waals surface area contributed by atoms with Crippen LogP contribution in [0.5, 0.6) is 0 Å². The van der Waals surface area contributed by atoms with E-state index in [9.17, 15) is 8.78 Å². The molecule has 0 aromatic heterocycles. The first-order valence-electron chi connectivity index (χ1n) is 9.55. The minimum absolute atomic E-state index is 0.314. The van der Waals surface area contributed by atoms with Gasteiger partial charge in [0.15, 0.2) is 0 Å². The van der Waals surface area contributed by atoms with Crippen LogP contribution in [-0.4, -0.2) is 31.8 Å². The van der Waals surface area contributed by atoms with Crippen molar-refractivity contribution in [1.29, 1.82) is 0 Å². The lowest BCUT2D eigenvalue weighted by Crippen LogP contribution is -2.42. The molecule has 5 heteroatoms. The van der Waals surface area contributed by atoms with Crippen molar-refractivity contribution in [2.24, 2.45) is 17.3 Å². The van der Waals surface area contributed by atoms with Crippen molar-refractivity contribution < 1.29 is 18.3 Å². The van der Waals surface area contributed by atoms with Crippen LogP contribution in [0.1, 0.15) is 72.1 Å². The Hall–Kier alpha value is 0.0700. The van der Waals surface area contributed by atoms with Gasteiger partial charge in [-0.05, 0) is 55.5 Å². The summed E-state index contributed by atoms with van der Waals surface area (Å²) in [5, 5.41) is -3.15. The topological polar surface area (TPSA) is 18.5 Å². The first kappa shape index (κ1) is 22.1. The lowest BCUT2D eigenvalue weighted by molar-refractivity contribution is -0.0813. The zero-order chi connectivity index (χ0) is 18.1. The molecule has 0 unspecified atom stereocenters. The second kappa shape index (κ2) is 10.9. The van der Waals surface area contributed by atoms with Crippen LogP contribution in [0.4, 0.5) is 8.78 Å². The number of hydrogen-bond acceptors (Lipinski definition) is 2. The van der Waals surface area contributed by atoms with E-state index in [1.54, 1.807) is 0 Å². The highest BCUT2D eigenvalue weighted by molar-refractivity contribution is 6.21. The third kappa shape index (κ3) is 7.97. The zero-order valence-corrected chi connectivity index (χ0v) is 16.3. The van der Waals surface area contributed by atoms with Gasteiger partial charge in [0, 0.05) is 25.0 Å². The van der Waals surface area contributed by atoms with Gasteiger partial charge in [-0.15, -0.1) is 0 Å². The SMILES string of the molecule is CCCOCC(CCC(F)(F)Cl)(COCCC)C1CCC(C)CC1. The van der Waals surface area contributed by atoms with E-state index in [2.05, 4.69) is 20.8 Å². The molecule has 0 aliphatic heterocycles. The summed E-state index contributed by atoms with van der Waals surface area (Å²) >= 11 is 5.21. The minimum Gasteiger partial charge on any atom is -0.381 e. The van der Waals surface area contributed by atoms with E-state index in [4.69, 9.17) is 21.1 Å². The van der Waals surface area contributed by atoms with Crippen molar-refractivity contribution >= 4 is 11.6 Å². The standard InChI is InChI=1S/C19H35ClF2O2/c1-4-12-23-14-18(15-24-13-5-2,10-11-19(20,21)22)17-8-6-16(3)7-9-17/h16-17H,4-15H2,1-3H3. The molecule has 0 spiro atoms. The summed E-state index contributed by atoms with van der Waals surface area (Å²) in [6.45, 7) is 8.71. The Bertz CT molecular complexity index is 316. The fourth-order valence-corrected chi connectivity index (χ4v) is 3.82. The summed E-state index contributed by atoms with van der Waals surface area (Å²) in [6.07, 6.45) is 6.36. The number of halogens is 3. The number of hydrogen-bond donors (Lipinski definition) is 0. The quantitative estimate of drug-likeness (QED) is 0.299. The highest BCUT2D eigenvalue weighted by Gasteiger charge is 2.43. The largest absolute Gasteiger partial charge is 0.381 e. The summed E-state index contributed by atoms with van der Waals surface area (Å²) in [5.41, 5.74) is -0.344. The molecule has 2 nitrogen and oxygen atoms in total. The number of ether oxygens (including phenoxy) is 2. The van der Waals surface area contributed by atoms with Crippen LogP contribution in [0.2, 0.25) is 0 Å². The lowest BCUT2D eigenvalue weighted by atomic mass is 9.65. The summed E-state index contributed by atoms with van der Waals surface area (Å²) < 4.78 is 38.4. The fraction of sp³-hybridized carbons (Fsp3) is 1.00. The van der Waals surface area contributed by atoms with E-state index < -0.39 is 5.38 Å². The maximum atomic E-state index is 13.3. The van der Waals surface area contributed by atoms with Crippen molar-refractivity contribution in [3.8, 4) is 0 Å². The molecule has 0 aromatic rings. The predicted molar refractivity (Wildman–Crippen MR) is 95.8 cm³/mol. The van der Waals surface area contributed by atoms with Gasteiger partial charge in [-0.2, -0.15) is 8.78 Å². The molecule has 1 aliphatic rings. The Morgan fingerprint density at radius 1 is 0.917 bits per heavy atom.